The summed E-state index contributed by atoms with van der Waals surface area (Å²) in [5, 5.41) is 1.15. The zero-order valence-electron chi connectivity index (χ0n) is 27.0. The van der Waals surface area contributed by atoms with Gasteiger partial charge in [0.1, 0.15) is 11.5 Å². The van der Waals surface area contributed by atoms with Crippen molar-refractivity contribution in [2.24, 2.45) is 0 Å². The molecule has 1 aliphatic carbocycles. The van der Waals surface area contributed by atoms with E-state index < -0.39 is 0 Å². The van der Waals surface area contributed by atoms with Crippen molar-refractivity contribution in [1.29, 1.82) is 0 Å². The van der Waals surface area contributed by atoms with Crippen LogP contribution >= 0.6 is 15.9 Å². The van der Waals surface area contributed by atoms with Gasteiger partial charge in [-0.2, -0.15) is 0 Å². The molecule has 3 rings (SSSR count). The van der Waals surface area contributed by atoms with Gasteiger partial charge >= 0.3 is 5.97 Å². The SMILES string of the molecule is CCCCCC[C@@H](C)Oc1ccc(C(=O)Oc2ccc(C3CCC(OCCCCCCCCCCCBr)CC3)cc2)cc1. The van der Waals surface area contributed by atoms with E-state index in [1.54, 1.807) is 12.1 Å². The fraction of sp³-hybridized carbons (Fsp3) is 0.658. The first kappa shape index (κ1) is 35.6. The van der Waals surface area contributed by atoms with Gasteiger partial charge in [0, 0.05) is 11.9 Å². The molecule has 5 heteroatoms. The molecule has 2 aromatic carbocycles. The number of benzene rings is 2. The van der Waals surface area contributed by atoms with Gasteiger partial charge in [-0.1, -0.05) is 99.2 Å². The summed E-state index contributed by atoms with van der Waals surface area (Å²) in [6, 6.07) is 15.4. The lowest BCUT2D eigenvalue weighted by atomic mass is 9.83. The van der Waals surface area contributed by atoms with E-state index in [9.17, 15) is 4.79 Å². The number of hydrogen-bond acceptors (Lipinski definition) is 4. The van der Waals surface area contributed by atoms with Crippen molar-refractivity contribution < 1.29 is 19.0 Å². The smallest absolute Gasteiger partial charge is 0.343 e. The molecule has 0 N–H and O–H groups in total. The Balaban J connectivity index is 1.28. The topological polar surface area (TPSA) is 44.8 Å². The molecule has 1 saturated carbocycles. The molecule has 240 valence electrons. The zero-order chi connectivity index (χ0) is 30.5. The van der Waals surface area contributed by atoms with Crippen LogP contribution in [0, 0.1) is 0 Å². The molecule has 0 amide bonds. The van der Waals surface area contributed by atoms with Crippen molar-refractivity contribution in [3.05, 3.63) is 59.7 Å². The van der Waals surface area contributed by atoms with Crippen LogP contribution in [0.5, 0.6) is 11.5 Å². The highest BCUT2D eigenvalue weighted by molar-refractivity contribution is 9.09. The molecular formula is C38H57BrO4. The second kappa shape index (κ2) is 21.8. The molecule has 1 aliphatic rings. The normalized spacial score (nSPS) is 17.5. The zero-order valence-corrected chi connectivity index (χ0v) is 28.6. The molecule has 0 saturated heterocycles. The van der Waals surface area contributed by atoms with Gasteiger partial charge in [-0.15, -0.1) is 0 Å². The summed E-state index contributed by atoms with van der Waals surface area (Å²) < 4.78 is 17.9. The average molecular weight is 658 g/mol. The van der Waals surface area contributed by atoms with Crippen molar-refractivity contribution in [3.8, 4) is 11.5 Å². The largest absolute Gasteiger partial charge is 0.491 e. The molecule has 4 nitrogen and oxygen atoms in total. The molecule has 0 bridgehead atoms. The summed E-state index contributed by atoms with van der Waals surface area (Å²) in [4.78, 5) is 12.7. The van der Waals surface area contributed by atoms with E-state index in [0.29, 0.717) is 23.3 Å². The first-order chi connectivity index (χ1) is 21.1. The Kier molecular flexibility index (Phi) is 18.0. The number of alkyl halides is 1. The lowest BCUT2D eigenvalue weighted by Crippen LogP contribution is -2.21. The third-order valence-corrected chi connectivity index (χ3v) is 9.32. The maximum Gasteiger partial charge on any atom is 0.343 e. The molecule has 0 heterocycles. The highest BCUT2D eigenvalue weighted by atomic mass is 79.9. The van der Waals surface area contributed by atoms with Crippen molar-refractivity contribution in [2.75, 3.05) is 11.9 Å². The van der Waals surface area contributed by atoms with E-state index in [1.807, 2.05) is 24.3 Å². The third-order valence-electron chi connectivity index (χ3n) is 8.76. The summed E-state index contributed by atoms with van der Waals surface area (Å²) in [5.41, 5.74) is 1.86. The van der Waals surface area contributed by atoms with Crippen LogP contribution in [0.1, 0.15) is 151 Å². The fourth-order valence-corrected chi connectivity index (χ4v) is 6.44. The van der Waals surface area contributed by atoms with E-state index in [4.69, 9.17) is 14.2 Å². The van der Waals surface area contributed by atoms with Crippen molar-refractivity contribution in [2.45, 2.75) is 148 Å². The van der Waals surface area contributed by atoms with E-state index in [-0.39, 0.29) is 12.1 Å². The average Bonchev–Trinajstić information content (AvgIpc) is 3.03. The van der Waals surface area contributed by atoms with Gasteiger partial charge in [-0.05, 0) is 106 Å². The second-order valence-corrected chi connectivity index (χ2v) is 13.3. The summed E-state index contributed by atoms with van der Waals surface area (Å²) in [5.74, 6) is 1.59. The number of carbonyl (C=O) groups excluding carboxylic acids is 1. The predicted molar refractivity (Wildman–Crippen MR) is 183 cm³/mol. The number of ether oxygens (including phenoxy) is 3. The first-order valence-corrected chi connectivity index (χ1v) is 18.5. The maximum atomic E-state index is 12.7. The van der Waals surface area contributed by atoms with Crippen molar-refractivity contribution >= 4 is 21.9 Å². The maximum absolute atomic E-state index is 12.7. The van der Waals surface area contributed by atoms with Crippen LogP contribution in [0.4, 0.5) is 0 Å². The second-order valence-electron chi connectivity index (χ2n) is 12.5. The summed E-state index contributed by atoms with van der Waals surface area (Å²) in [6.45, 7) is 5.24. The van der Waals surface area contributed by atoms with Crippen LogP contribution < -0.4 is 9.47 Å². The number of halogens is 1. The van der Waals surface area contributed by atoms with Crippen molar-refractivity contribution in [1.82, 2.24) is 0 Å². The number of esters is 1. The van der Waals surface area contributed by atoms with Crippen LogP contribution in [0.15, 0.2) is 48.5 Å². The monoisotopic (exact) mass is 656 g/mol. The quantitative estimate of drug-likeness (QED) is 0.0547. The van der Waals surface area contributed by atoms with Crippen molar-refractivity contribution in [3.63, 3.8) is 0 Å². The fourth-order valence-electron chi connectivity index (χ4n) is 6.04. The van der Waals surface area contributed by atoms with Gasteiger partial charge in [0.2, 0.25) is 0 Å². The molecule has 1 atom stereocenters. The first-order valence-electron chi connectivity index (χ1n) is 17.4. The predicted octanol–water partition coefficient (Wildman–Crippen LogP) is 11.6. The molecule has 2 aromatic rings. The number of carbonyl (C=O) groups is 1. The van der Waals surface area contributed by atoms with Gasteiger partial charge in [0.15, 0.2) is 0 Å². The number of unbranched alkanes of at least 4 members (excludes halogenated alkanes) is 11. The minimum atomic E-state index is -0.342. The minimum Gasteiger partial charge on any atom is -0.491 e. The van der Waals surface area contributed by atoms with E-state index in [1.165, 1.54) is 89.0 Å². The molecular weight excluding hydrogens is 600 g/mol. The van der Waals surface area contributed by atoms with Gasteiger partial charge in [-0.3, -0.25) is 0 Å². The van der Waals surface area contributed by atoms with E-state index in [2.05, 4.69) is 41.9 Å². The van der Waals surface area contributed by atoms with E-state index in [0.717, 1.165) is 49.8 Å². The lowest BCUT2D eigenvalue weighted by molar-refractivity contribution is 0.0226. The van der Waals surface area contributed by atoms with Crippen LogP contribution in [-0.4, -0.2) is 30.1 Å². The van der Waals surface area contributed by atoms with Crippen LogP contribution in [0.3, 0.4) is 0 Å². The van der Waals surface area contributed by atoms with Crippen LogP contribution in [0.2, 0.25) is 0 Å². The summed E-state index contributed by atoms with van der Waals surface area (Å²) >= 11 is 3.51. The molecule has 43 heavy (non-hydrogen) atoms. The molecule has 0 unspecified atom stereocenters. The van der Waals surface area contributed by atoms with Gasteiger partial charge in [0.05, 0.1) is 17.8 Å². The Bertz CT molecular complexity index is 982. The Morgan fingerprint density at radius 3 is 1.95 bits per heavy atom. The molecule has 0 radical (unpaired) electrons. The summed E-state index contributed by atoms with van der Waals surface area (Å²) in [6.07, 6.45) is 23.2. The number of hydrogen-bond donors (Lipinski definition) is 0. The molecule has 0 aliphatic heterocycles. The highest BCUT2D eigenvalue weighted by Crippen LogP contribution is 2.35. The minimum absolute atomic E-state index is 0.171. The van der Waals surface area contributed by atoms with Gasteiger partial charge < -0.3 is 14.2 Å². The van der Waals surface area contributed by atoms with Crippen LogP contribution in [0.25, 0.3) is 0 Å². The highest BCUT2D eigenvalue weighted by Gasteiger charge is 2.23. The van der Waals surface area contributed by atoms with Crippen LogP contribution in [-0.2, 0) is 4.74 Å². The molecule has 1 fully saturated rings. The van der Waals surface area contributed by atoms with Gasteiger partial charge in [-0.25, -0.2) is 4.79 Å². The molecule has 0 aromatic heterocycles. The molecule has 0 spiro atoms. The lowest BCUT2D eigenvalue weighted by Gasteiger charge is -2.29. The Hall–Kier alpha value is -1.85. The number of rotatable bonds is 22. The Morgan fingerprint density at radius 1 is 0.744 bits per heavy atom. The van der Waals surface area contributed by atoms with Gasteiger partial charge in [0.25, 0.3) is 0 Å². The standard InChI is InChI=1S/C38H57BrO4/c1-3-4-5-13-16-31(2)42-36-27-21-34(22-28-36)38(40)43-37-25-19-33(20-26-37)32-17-23-35(24-18-32)41-30-15-12-10-8-6-7-9-11-14-29-39/h19-22,25-28,31-32,35H,3-18,23-24,29-30H2,1-2H3/t31-,32?,35?/m1/s1. The third kappa shape index (κ3) is 14.7. The van der Waals surface area contributed by atoms with E-state index >= 15 is 0 Å². The Labute approximate surface area is 270 Å². The Morgan fingerprint density at radius 2 is 1.33 bits per heavy atom. The summed E-state index contributed by atoms with van der Waals surface area (Å²) in [7, 11) is 0.